The molecule has 1 aromatic rings. The van der Waals surface area contributed by atoms with Gasteiger partial charge in [-0.05, 0) is 40.9 Å². The number of hydrogen-bond donors (Lipinski definition) is 3. The minimum Gasteiger partial charge on any atom is -0.354 e. The lowest BCUT2D eigenvalue weighted by molar-refractivity contribution is 0.405. The summed E-state index contributed by atoms with van der Waals surface area (Å²) in [5, 5.41) is 3.21. The van der Waals surface area contributed by atoms with Gasteiger partial charge in [0.25, 0.3) is 0 Å². The van der Waals surface area contributed by atoms with E-state index in [9.17, 15) is 0 Å². The second kappa shape index (κ2) is 8.49. The third-order valence-corrected chi connectivity index (χ3v) is 2.86. The molecule has 0 spiro atoms. The normalized spacial score (nSPS) is 10.7. The molecule has 0 atom stereocenters. The fourth-order valence-electron chi connectivity index (χ4n) is 1.75. The van der Waals surface area contributed by atoms with Crippen LogP contribution in [0.15, 0.2) is 0 Å². The van der Waals surface area contributed by atoms with Crippen molar-refractivity contribution in [1.82, 2.24) is 19.9 Å². The maximum Gasteiger partial charge on any atom is 0.243 e. The van der Waals surface area contributed by atoms with Crippen LogP contribution in [-0.4, -0.2) is 60.1 Å². The van der Waals surface area contributed by atoms with Gasteiger partial charge in [-0.3, -0.25) is 5.43 Å². The van der Waals surface area contributed by atoms with Crippen LogP contribution < -0.4 is 21.5 Å². The zero-order chi connectivity index (χ0) is 15.0. The molecule has 0 aromatic carbocycles. The van der Waals surface area contributed by atoms with E-state index in [-0.39, 0.29) is 0 Å². The quantitative estimate of drug-likeness (QED) is 0.340. The topological polar surface area (TPSA) is 95.2 Å². The molecule has 0 saturated carbocycles. The zero-order valence-electron chi connectivity index (χ0n) is 12.8. The number of hydrazine groups is 1. The molecule has 0 fully saturated rings. The molecule has 4 N–H and O–H groups in total. The Balaban J connectivity index is 2.72. The zero-order valence-corrected chi connectivity index (χ0v) is 12.8. The first-order chi connectivity index (χ1) is 9.60. The number of nitrogens with two attached hydrogens (primary N) is 1. The summed E-state index contributed by atoms with van der Waals surface area (Å²) in [4.78, 5) is 17.1. The van der Waals surface area contributed by atoms with Gasteiger partial charge in [0.1, 0.15) is 0 Å². The molecule has 0 bridgehead atoms. The van der Waals surface area contributed by atoms with Crippen molar-refractivity contribution in [1.29, 1.82) is 0 Å². The average molecular weight is 282 g/mol. The Labute approximate surface area is 120 Å². The number of hydrogen-bond acceptors (Lipinski definition) is 8. The van der Waals surface area contributed by atoms with Crippen molar-refractivity contribution in [2.24, 2.45) is 5.84 Å². The van der Waals surface area contributed by atoms with Gasteiger partial charge >= 0.3 is 0 Å². The standard InChI is InChI=1S/C12H26N8/c1-5-20(6-2)12-16-10(15-11(17-12)18-13)14-8-7-9-19(3)4/h5-9,13H2,1-4H3,(H2,14,15,16,17,18). The number of aromatic nitrogens is 3. The molecule has 0 aliphatic heterocycles. The monoisotopic (exact) mass is 282 g/mol. The van der Waals surface area contributed by atoms with Crippen LogP contribution in [0, 0.1) is 0 Å². The highest BCUT2D eigenvalue weighted by molar-refractivity contribution is 5.43. The number of anilines is 3. The molecule has 20 heavy (non-hydrogen) atoms. The molecular weight excluding hydrogens is 256 g/mol. The highest BCUT2D eigenvalue weighted by atomic mass is 15.4. The van der Waals surface area contributed by atoms with Gasteiger partial charge in [0.05, 0.1) is 0 Å². The summed E-state index contributed by atoms with van der Waals surface area (Å²) in [5.41, 5.74) is 2.48. The maximum absolute atomic E-state index is 5.41. The van der Waals surface area contributed by atoms with Crippen LogP contribution in [0.25, 0.3) is 0 Å². The van der Waals surface area contributed by atoms with Crippen molar-refractivity contribution >= 4 is 17.8 Å². The molecule has 1 aromatic heterocycles. The Morgan fingerprint density at radius 2 is 1.70 bits per heavy atom. The average Bonchev–Trinajstić information content (AvgIpc) is 2.44. The van der Waals surface area contributed by atoms with Gasteiger partial charge in [0, 0.05) is 19.6 Å². The first-order valence-corrected chi connectivity index (χ1v) is 6.96. The molecule has 0 unspecified atom stereocenters. The fraction of sp³-hybridized carbons (Fsp3) is 0.750. The van der Waals surface area contributed by atoms with Gasteiger partial charge in [0.15, 0.2) is 0 Å². The van der Waals surface area contributed by atoms with E-state index in [1.807, 2.05) is 4.90 Å². The number of nitrogens with one attached hydrogen (secondary N) is 2. The Hall–Kier alpha value is -1.67. The van der Waals surface area contributed by atoms with E-state index >= 15 is 0 Å². The van der Waals surface area contributed by atoms with Crippen molar-refractivity contribution in [2.75, 3.05) is 55.9 Å². The SMILES string of the molecule is CCN(CC)c1nc(NN)nc(NCCCN(C)C)n1. The van der Waals surface area contributed by atoms with Crippen molar-refractivity contribution in [2.45, 2.75) is 20.3 Å². The third kappa shape index (κ3) is 5.14. The Bertz CT molecular complexity index is 391. The molecule has 0 saturated heterocycles. The summed E-state index contributed by atoms with van der Waals surface area (Å²) in [6, 6.07) is 0. The first kappa shape index (κ1) is 16.4. The minimum atomic E-state index is 0.372. The second-order valence-corrected chi connectivity index (χ2v) is 4.68. The summed E-state index contributed by atoms with van der Waals surface area (Å²) >= 11 is 0. The van der Waals surface area contributed by atoms with Crippen LogP contribution in [0.2, 0.25) is 0 Å². The Morgan fingerprint density at radius 3 is 2.25 bits per heavy atom. The molecule has 1 rings (SSSR count). The fourth-order valence-corrected chi connectivity index (χ4v) is 1.75. The Morgan fingerprint density at radius 1 is 1.05 bits per heavy atom. The molecule has 8 nitrogen and oxygen atoms in total. The van der Waals surface area contributed by atoms with Crippen molar-refractivity contribution in [3.05, 3.63) is 0 Å². The summed E-state index contributed by atoms with van der Waals surface area (Å²) < 4.78 is 0. The van der Waals surface area contributed by atoms with Gasteiger partial charge < -0.3 is 15.1 Å². The molecule has 0 aliphatic carbocycles. The number of nitrogen functional groups attached to an aromatic ring is 1. The van der Waals surface area contributed by atoms with Crippen LogP contribution >= 0.6 is 0 Å². The number of nitrogens with zero attached hydrogens (tertiary/aromatic N) is 5. The molecule has 0 amide bonds. The highest BCUT2D eigenvalue weighted by Gasteiger charge is 2.10. The van der Waals surface area contributed by atoms with E-state index in [1.165, 1.54) is 0 Å². The maximum atomic E-state index is 5.41. The van der Waals surface area contributed by atoms with Crippen molar-refractivity contribution in [3.8, 4) is 0 Å². The predicted molar refractivity (Wildman–Crippen MR) is 82.9 cm³/mol. The van der Waals surface area contributed by atoms with Gasteiger partial charge in [-0.25, -0.2) is 5.84 Å². The molecule has 0 radical (unpaired) electrons. The molecule has 114 valence electrons. The molecular formula is C12H26N8. The van der Waals surface area contributed by atoms with Gasteiger partial charge in [-0.15, -0.1) is 0 Å². The number of rotatable bonds is 9. The summed E-state index contributed by atoms with van der Waals surface area (Å²) in [6.45, 7) is 7.63. The molecule has 0 aliphatic rings. The van der Waals surface area contributed by atoms with E-state index in [0.29, 0.717) is 17.8 Å². The van der Waals surface area contributed by atoms with E-state index in [0.717, 1.165) is 32.6 Å². The lowest BCUT2D eigenvalue weighted by Gasteiger charge is -2.19. The van der Waals surface area contributed by atoms with E-state index in [1.54, 1.807) is 0 Å². The van der Waals surface area contributed by atoms with Gasteiger partial charge in [-0.2, -0.15) is 15.0 Å². The van der Waals surface area contributed by atoms with E-state index in [2.05, 4.69) is 58.5 Å². The second-order valence-electron chi connectivity index (χ2n) is 4.68. The summed E-state index contributed by atoms with van der Waals surface area (Å²) in [7, 11) is 4.11. The van der Waals surface area contributed by atoms with Crippen molar-refractivity contribution in [3.63, 3.8) is 0 Å². The van der Waals surface area contributed by atoms with Crippen LogP contribution in [-0.2, 0) is 0 Å². The highest BCUT2D eigenvalue weighted by Crippen LogP contribution is 2.12. The van der Waals surface area contributed by atoms with Crippen molar-refractivity contribution < 1.29 is 0 Å². The lowest BCUT2D eigenvalue weighted by atomic mass is 10.4. The van der Waals surface area contributed by atoms with Crippen LogP contribution in [0.5, 0.6) is 0 Å². The third-order valence-electron chi connectivity index (χ3n) is 2.86. The largest absolute Gasteiger partial charge is 0.354 e. The Kier molecular flexibility index (Phi) is 6.96. The van der Waals surface area contributed by atoms with E-state index < -0.39 is 0 Å². The molecule has 8 heteroatoms. The van der Waals surface area contributed by atoms with Crippen LogP contribution in [0.1, 0.15) is 20.3 Å². The summed E-state index contributed by atoms with van der Waals surface area (Å²) in [5.74, 6) is 6.96. The smallest absolute Gasteiger partial charge is 0.243 e. The van der Waals surface area contributed by atoms with Crippen LogP contribution in [0.3, 0.4) is 0 Å². The summed E-state index contributed by atoms with van der Waals surface area (Å²) in [6.07, 6.45) is 1.02. The van der Waals surface area contributed by atoms with Crippen LogP contribution in [0.4, 0.5) is 17.8 Å². The first-order valence-electron chi connectivity index (χ1n) is 6.96. The van der Waals surface area contributed by atoms with Gasteiger partial charge in [0.2, 0.25) is 17.8 Å². The van der Waals surface area contributed by atoms with E-state index in [4.69, 9.17) is 5.84 Å². The molecule has 1 heterocycles. The predicted octanol–water partition coefficient (Wildman–Crippen LogP) is 0.367. The lowest BCUT2D eigenvalue weighted by Crippen LogP contribution is -2.26. The van der Waals surface area contributed by atoms with Gasteiger partial charge in [-0.1, -0.05) is 0 Å². The minimum absolute atomic E-state index is 0.372.